The lowest BCUT2D eigenvalue weighted by atomic mass is 9.82. The molecule has 0 aromatic rings. The predicted molar refractivity (Wildman–Crippen MR) is 57.4 cm³/mol. The van der Waals surface area contributed by atoms with Crippen LogP contribution in [0.25, 0.3) is 0 Å². The molecule has 1 atom stereocenters. The highest BCUT2D eigenvalue weighted by Gasteiger charge is 2.20. The van der Waals surface area contributed by atoms with Crippen molar-refractivity contribution in [2.24, 2.45) is 5.92 Å². The average molecular weight is 210 g/mol. The zero-order chi connectivity index (χ0) is 11.3. The zero-order valence-corrected chi connectivity index (χ0v) is 9.25. The second-order valence-electron chi connectivity index (χ2n) is 4.12. The fourth-order valence-corrected chi connectivity index (χ4v) is 1.91. The van der Waals surface area contributed by atoms with Crippen LogP contribution in [0.3, 0.4) is 0 Å². The molecular weight excluding hydrogens is 192 g/mol. The van der Waals surface area contributed by atoms with Crippen LogP contribution in [0.15, 0.2) is 12.2 Å². The van der Waals surface area contributed by atoms with Gasteiger partial charge in [0, 0.05) is 13.3 Å². The minimum atomic E-state index is -0.397. The van der Waals surface area contributed by atoms with Crippen LogP contribution < -0.4 is 0 Å². The summed E-state index contributed by atoms with van der Waals surface area (Å²) in [7, 11) is 0. The van der Waals surface area contributed by atoms with Gasteiger partial charge in [-0.3, -0.25) is 9.59 Å². The largest absolute Gasteiger partial charge is 0.458 e. The van der Waals surface area contributed by atoms with Crippen molar-refractivity contribution in [2.75, 3.05) is 6.61 Å². The molecule has 0 radical (unpaired) electrons. The molecule has 1 aliphatic carbocycles. The van der Waals surface area contributed by atoms with Crippen molar-refractivity contribution >= 4 is 11.8 Å². The van der Waals surface area contributed by atoms with Gasteiger partial charge < -0.3 is 4.74 Å². The second kappa shape index (κ2) is 5.69. The first-order valence-corrected chi connectivity index (χ1v) is 5.42. The Balaban J connectivity index is 2.30. The number of carbonyl (C=O) groups is 2. The maximum atomic E-state index is 11.4. The van der Waals surface area contributed by atoms with Crippen molar-refractivity contribution in [1.82, 2.24) is 0 Å². The first kappa shape index (κ1) is 12.0. The van der Waals surface area contributed by atoms with Gasteiger partial charge in [0.05, 0.1) is 0 Å². The van der Waals surface area contributed by atoms with Crippen molar-refractivity contribution in [1.29, 1.82) is 0 Å². The maximum absolute atomic E-state index is 11.4. The molecule has 1 aliphatic rings. The number of carbonyl (C=O) groups excluding carboxylic acids is 2. The topological polar surface area (TPSA) is 43.4 Å². The van der Waals surface area contributed by atoms with E-state index in [0.29, 0.717) is 12.3 Å². The van der Waals surface area contributed by atoms with Gasteiger partial charge in [-0.2, -0.15) is 0 Å². The standard InChI is InChI=1S/C12H18O3/c1-9-5-3-4-6-11(9)7-12(14)8-15-10(2)13/h11H,1,3-8H2,2H3. The molecule has 84 valence electrons. The van der Waals surface area contributed by atoms with Gasteiger partial charge in [-0.1, -0.05) is 18.6 Å². The minimum absolute atomic E-state index is 0.00162. The lowest BCUT2D eigenvalue weighted by molar-refractivity contribution is -0.145. The van der Waals surface area contributed by atoms with Crippen LogP contribution in [-0.4, -0.2) is 18.4 Å². The summed E-state index contributed by atoms with van der Waals surface area (Å²) in [5.74, 6) is -0.0918. The highest BCUT2D eigenvalue weighted by molar-refractivity contribution is 5.82. The molecule has 1 fully saturated rings. The summed E-state index contributed by atoms with van der Waals surface area (Å²) in [6.45, 7) is 5.21. The molecule has 0 bridgehead atoms. The molecule has 0 heterocycles. The maximum Gasteiger partial charge on any atom is 0.303 e. The second-order valence-corrected chi connectivity index (χ2v) is 4.12. The number of hydrogen-bond donors (Lipinski definition) is 0. The molecule has 0 N–H and O–H groups in total. The van der Waals surface area contributed by atoms with Gasteiger partial charge in [0.2, 0.25) is 0 Å². The lowest BCUT2D eigenvalue weighted by Crippen LogP contribution is -2.18. The summed E-state index contributed by atoms with van der Waals surface area (Å²) >= 11 is 0. The number of ketones is 1. The Morgan fingerprint density at radius 2 is 2.20 bits per heavy atom. The van der Waals surface area contributed by atoms with Crippen LogP contribution in [0, 0.1) is 5.92 Å². The van der Waals surface area contributed by atoms with Gasteiger partial charge in [0.25, 0.3) is 0 Å². The molecule has 1 saturated carbocycles. The van der Waals surface area contributed by atoms with E-state index in [4.69, 9.17) is 0 Å². The molecule has 1 unspecified atom stereocenters. The third kappa shape index (κ3) is 4.28. The first-order valence-electron chi connectivity index (χ1n) is 5.42. The number of hydrogen-bond acceptors (Lipinski definition) is 3. The number of Topliss-reactive ketones (excluding diaryl/α,β-unsaturated/α-hetero) is 1. The molecule has 0 aromatic carbocycles. The Labute approximate surface area is 90.5 Å². The Morgan fingerprint density at radius 3 is 2.80 bits per heavy atom. The summed E-state index contributed by atoms with van der Waals surface area (Å²) in [6, 6.07) is 0. The molecule has 0 spiro atoms. The quantitative estimate of drug-likeness (QED) is 0.528. The van der Waals surface area contributed by atoms with E-state index >= 15 is 0 Å². The van der Waals surface area contributed by atoms with Crippen LogP contribution >= 0.6 is 0 Å². The Hall–Kier alpha value is -1.12. The lowest BCUT2D eigenvalue weighted by Gasteiger charge is -2.23. The van der Waals surface area contributed by atoms with Crippen LogP contribution in [0.5, 0.6) is 0 Å². The van der Waals surface area contributed by atoms with Crippen LogP contribution in [0.2, 0.25) is 0 Å². The Morgan fingerprint density at radius 1 is 1.47 bits per heavy atom. The van der Waals surface area contributed by atoms with Crippen molar-refractivity contribution in [3.8, 4) is 0 Å². The van der Waals surface area contributed by atoms with E-state index in [-0.39, 0.29) is 12.4 Å². The van der Waals surface area contributed by atoms with E-state index in [1.54, 1.807) is 0 Å². The summed E-state index contributed by atoms with van der Waals surface area (Å²) in [6.07, 6.45) is 4.92. The highest BCUT2D eigenvalue weighted by atomic mass is 16.5. The molecule has 0 aliphatic heterocycles. The Bertz CT molecular complexity index is 268. The van der Waals surface area contributed by atoms with E-state index in [9.17, 15) is 9.59 Å². The first-order chi connectivity index (χ1) is 7.09. The van der Waals surface area contributed by atoms with Gasteiger partial charge in [0.1, 0.15) is 6.61 Å². The van der Waals surface area contributed by atoms with Crippen molar-refractivity contribution in [3.05, 3.63) is 12.2 Å². The fourth-order valence-electron chi connectivity index (χ4n) is 1.91. The molecule has 0 saturated heterocycles. The van der Waals surface area contributed by atoms with Gasteiger partial charge in [-0.25, -0.2) is 0 Å². The summed E-state index contributed by atoms with van der Waals surface area (Å²) in [5.41, 5.74) is 1.18. The number of rotatable bonds is 4. The fraction of sp³-hybridized carbons (Fsp3) is 0.667. The van der Waals surface area contributed by atoms with E-state index in [1.807, 2.05) is 0 Å². The SMILES string of the molecule is C=C1CCCCC1CC(=O)COC(C)=O. The third-order valence-electron chi connectivity index (χ3n) is 2.79. The van der Waals surface area contributed by atoms with Crippen molar-refractivity contribution in [2.45, 2.75) is 39.0 Å². The number of esters is 1. The van der Waals surface area contributed by atoms with E-state index in [2.05, 4.69) is 11.3 Å². The molecule has 15 heavy (non-hydrogen) atoms. The van der Waals surface area contributed by atoms with E-state index < -0.39 is 5.97 Å². The Kier molecular flexibility index (Phi) is 4.53. The van der Waals surface area contributed by atoms with E-state index in [0.717, 1.165) is 12.8 Å². The third-order valence-corrected chi connectivity index (χ3v) is 2.79. The van der Waals surface area contributed by atoms with Crippen LogP contribution in [0.1, 0.15) is 39.0 Å². The minimum Gasteiger partial charge on any atom is -0.458 e. The van der Waals surface area contributed by atoms with Crippen LogP contribution in [0.4, 0.5) is 0 Å². The molecule has 1 rings (SSSR count). The number of ether oxygens (including phenoxy) is 1. The normalized spacial score (nSPS) is 21.1. The van der Waals surface area contributed by atoms with Crippen molar-refractivity contribution in [3.63, 3.8) is 0 Å². The van der Waals surface area contributed by atoms with Crippen LogP contribution in [-0.2, 0) is 14.3 Å². The monoisotopic (exact) mass is 210 g/mol. The zero-order valence-electron chi connectivity index (χ0n) is 9.25. The smallest absolute Gasteiger partial charge is 0.303 e. The van der Waals surface area contributed by atoms with E-state index in [1.165, 1.54) is 25.3 Å². The average Bonchev–Trinajstić information content (AvgIpc) is 2.18. The summed E-state index contributed by atoms with van der Waals surface area (Å²) in [4.78, 5) is 22.0. The van der Waals surface area contributed by atoms with Gasteiger partial charge in [0.15, 0.2) is 5.78 Å². The van der Waals surface area contributed by atoms with Gasteiger partial charge in [-0.05, 0) is 25.2 Å². The summed E-state index contributed by atoms with van der Waals surface area (Å²) < 4.78 is 4.66. The highest BCUT2D eigenvalue weighted by Crippen LogP contribution is 2.30. The molecule has 0 aromatic heterocycles. The van der Waals surface area contributed by atoms with Gasteiger partial charge in [-0.15, -0.1) is 0 Å². The predicted octanol–water partition coefficient (Wildman–Crippen LogP) is 2.26. The molecule has 3 heteroatoms. The van der Waals surface area contributed by atoms with Gasteiger partial charge >= 0.3 is 5.97 Å². The molecule has 3 nitrogen and oxygen atoms in total. The van der Waals surface area contributed by atoms with Crippen molar-refractivity contribution < 1.29 is 14.3 Å². The molecule has 0 amide bonds. The molecular formula is C12H18O3. The number of allylic oxidation sites excluding steroid dienone is 1. The summed E-state index contributed by atoms with van der Waals surface area (Å²) in [5, 5.41) is 0.